The van der Waals surface area contributed by atoms with Crippen molar-refractivity contribution in [3.8, 4) is 6.07 Å². The molecular weight excluding hydrogens is 467 g/mol. The van der Waals surface area contributed by atoms with Gasteiger partial charge in [0.2, 0.25) is 5.91 Å². The summed E-state index contributed by atoms with van der Waals surface area (Å²) in [5.41, 5.74) is 1.99. The first-order valence-electron chi connectivity index (χ1n) is 12.0. The van der Waals surface area contributed by atoms with Crippen molar-refractivity contribution in [1.29, 1.82) is 5.26 Å². The maximum absolute atomic E-state index is 13.1. The lowest BCUT2D eigenvalue weighted by molar-refractivity contribution is -0.137. The Bertz CT molecular complexity index is 1250. The van der Waals surface area contributed by atoms with E-state index in [1.165, 1.54) is 12.1 Å². The van der Waals surface area contributed by atoms with Gasteiger partial charge < -0.3 is 9.88 Å². The van der Waals surface area contributed by atoms with Gasteiger partial charge in [0.25, 0.3) is 0 Å². The number of imidazole rings is 1. The lowest BCUT2D eigenvalue weighted by Crippen LogP contribution is -2.46. The fourth-order valence-corrected chi connectivity index (χ4v) is 5.02. The van der Waals surface area contributed by atoms with Gasteiger partial charge in [0, 0.05) is 26.6 Å². The van der Waals surface area contributed by atoms with E-state index in [0.29, 0.717) is 38.0 Å². The molecular formula is C27H28F3N5O. The smallest absolute Gasteiger partial charge is 0.358 e. The summed E-state index contributed by atoms with van der Waals surface area (Å²) in [6.45, 7) is 3.13. The van der Waals surface area contributed by atoms with Gasteiger partial charge in [-0.2, -0.15) is 18.4 Å². The number of hydrogen-bond acceptors (Lipinski definition) is 4. The van der Waals surface area contributed by atoms with E-state index >= 15 is 0 Å². The number of fused-ring (bicyclic) bond motifs is 1. The molecule has 0 bridgehead atoms. The van der Waals surface area contributed by atoms with Crippen LogP contribution in [0, 0.1) is 11.3 Å². The fourth-order valence-electron chi connectivity index (χ4n) is 5.02. The first kappa shape index (κ1) is 25.5. The molecule has 9 heteroatoms. The number of rotatable bonds is 7. The van der Waals surface area contributed by atoms with E-state index in [4.69, 9.17) is 0 Å². The van der Waals surface area contributed by atoms with Crippen molar-refractivity contribution in [3.05, 3.63) is 88.5 Å². The normalized spacial score (nSPS) is 16.7. The monoisotopic (exact) mass is 495 g/mol. The van der Waals surface area contributed by atoms with Crippen LogP contribution in [-0.2, 0) is 30.4 Å². The number of halogens is 3. The van der Waals surface area contributed by atoms with Gasteiger partial charge in [-0.15, -0.1) is 0 Å². The van der Waals surface area contributed by atoms with E-state index < -0.39 is 17.8 Å². The van der Waals surface area contributed by atoms with Crippen LogP contribution in [-0.4, -0.2) is 34.0 Å². The number of nitriles is 1. The molecule has 0 saturated heterocycles. The van der Waals surface area contributed by atoms with Gasteiger partial charge in [-0.3, -0.25) is 9.69 Å². The predicted octanol–water partition coefficient (Wildman–Crippen LogP) is 4.81. The molecule has 2 atom stereocenters. The molecule has 2 heterocycles. The van der Waals surface area contributed by atoms with Crippen LogP contribution in [0.25, 0.3) is 0 Å². The highest BCUT2D eigenvalue weighted by Gasteiger charge is 2.39. The van der Waals surface area contributed by atoms with E-state index in [9.17, 15) is 23.2 Å². The Kier molecular flexibility index (Phi) is 7.45. The molecule has 6 nitrogen and oxygen atoms in total. The lowest BCUT2D eigenvalue weighted by Gasteiger charge is -2.41. The molecule has 0 unspecified atom stereocenters. The SMILES string of the molecule is CCc1nc(C#N)c2n1CCN([C@@H](C(=O)NC)c1ccccc1)[C@H]2CCc1ccc(C(F)(F)F)cc1. The Hall–Kier alpha value is -3.64. The Morgan fingerprint density at radius 2 is 1.86 bits per heavy atom. The number of aryl methyl sites for hydroxylation is 2. The van der Waals surface area contributed by atoms with Crippen LogP contribution in [0.3, 0.4) is 0 Å². The van der Waals surface area contributed by atoms with Gasteiger partial charge in [-0.25, -0.2) is 4.98 Å². The number of nitrogens with zero attached hydrogens (tertiary/aromatic N) is 4. The highest BCUT2D eigenvalue weighted by atomic mass is 19.4. The second kappa shape index (κ2) is 10.5. The zero-order valence-corrected chi connectivity index (χ0v) is 20.2. The highest BCUT2D eigenvalue weighted by Crippen LogP contribution is 2.39. The van der Waals surface area contributed by atoms with E-state index in [2.05, 4.69) is 25.8 Å². The third-order valence-corrected chi connectivity index (χ3v) is 6.74. The maximum atomic E-state index is 13.1. The third-order valence-electron chi connectivity index (χ3n) is 6.74. The van der Waals surface area contributed by atoms with Crippen LogP contribution >= 0.6 is 0 Å². The van der Waals surface area contributed by atoms with E-state index in [0.717, 1.165) is 34.8 Å². The predicted molar refractivity (Wildman–Crippen MR) is 129 cm³/mol. The Balaban J connectivity index is 1.74. The standard InChI is InChI=1S/C27H28F3N5O/c1-3-23-33-21(17-31)25-22(14-11-18-9-12-20(13-10-18)27(28,29)30)34(15-16-35(23)25)24(26(36)32-2)19-7-5-4-6-8-19/h4-10,12-13,22,24H,3,11,14-16H2,1-2H3,(H,32,36)/t22-,24+/m0/s1. The number of carbonyl (C=O) groups is 1. The second-order valence-corrected chi connectivity index (χ2v) is 8.79. The quantitative estimate of drug-likeness (QED) is 0.511. The van der Waals surface area contributed by atoms with E-state index in [1.54, 1.807) is 7.05 Å². The van der Waals surface area contributed by atoms with Crippen LogP contribution in [0.4, 0.5) is 13.2 Å². The third kappa shape index (κ3) is 5.00. The van der Waals surface area contributed by atoms with Crippen LogP contribution in [0.15, 0.2) is 54.6 Å². The summed E-state index contributed by atoms with van der Waals surface area (Å²) in [7, 11) is 1.60. The average Bonchev–Trinajstić information content (AvgIpc) is 3.26. The summed E-state index contributed by atoms with van der Waals surface area (Å²) in [5, 5.41) is 12.6. The van der Waals surface area contributed by atoms with E-state index in [1.807, 2.05) is 37.3 Å². The molecule has 1 N–H and O–H groups in total. The van der Waals surface area contributed by atoms with Gasteiger partial charge >= 0.3 is 6.18 Å². The second-order valence-electron chi connectivity index (χ2n) is 8.79. The molecule has 0 spiro atoms. The number of aromatic nitrogens is 2. The lowest BCUT2D eigenvalue weighted by atomic mass is 9.94. The minimum atomic E-state index is -4.39. The molecule has 4 rings (SSSR count). The molecule has 188 valence electrons. The zero-order valence-electron chi connectivity index (χ0n) is 20.2. The van der Waals surface area contributed by atoms with Crippen molar-refractivity contribution in [2.24, 2.45) is 0 Å². The molecule has 0 fully saturated rings. The minimum Gasteiger partial charge on any atom is -0.358 e. The fraction of sp³-hybridized carbons (Fsp3) is 0.370. The molecule has 1 aliphatic rings. The molecule has 1 amide bonds. The Labute approximate surface area is 208 Å². The topological polar surface area (TPSA) is 74.0 Å². The molecule has 0 saturated carbocycles. The van der Waals surface area contributed by atoms with Crippen molar-refractivity contribution < 1.29 is 18.0 Å². The average molecular weight is 496 g/mol. The van der Waals surface area contributed by atoms with Crippen molar-refractivity contribution in [1.82, 2.24) is 19.8 Å². The Morgan fingerprint density at radius 3 is 2.44 bits per heavy atom. The number of amides is 1. The number of nitrogens with one attached hydrogen (secondary N) is 1. The highest BCUT2D eigenvalue weighted by molar-refractivity contribution is 5.83. The number of alkyl halides is 3. The number of likely N-dealkylation sites (N-methyl/N-ethyl adjacent to an activating group) is 1. The molecule has 0 aliphatic carbocycles. The van der Waals surface area contributed by atoms with Crippen molar-refractivity contribution in [2.75, 3.05) is 13.6 Å². The van der Waals surface area contributed by atoms with Gasteiger partial charge in [-0.1, -0.05) is 49.4 Å². The molecule has 0 radical (unpaired) electrons. The number of hydrogen-bond donors (Lipinski definition) is 1. The zero-order chi connectivity index (χ0) is 25.9. The summed E-state index contributed by atoms with van der Waals surface area (Å²) >= 11 is 0. The van der Waals surface area contributed by atoms with Crippen LogP contribution in [0.1, 0.15) is 59.3 Å². The van der Waals surface area contributed by atoms with E-state index in [-0.39, 0.29) is 11.9 Å². The van der Waals surface area contributed by atoms with Gasteiger partial charge in [0.1, 0.15) is 17.9 Å². The van der Waals surface area contributed by atoms with Crippen molar-refractivity contribution in [2.45, 2.75) is 51.0 Å². The first-order chi connectivity index (χ1) is 17.3. The van der Waals surface area contributed by atoms with Crippen LogP contribution < -0.4 is 5.32 Å². The number of carbonyl (C=O) groups excluding carboxylic acids is 1. The summed E-state index contributed by atoms with van der Waals surface area (Å²) in [6, 6.07) is 15.9. The van der Waals surface area contributed by atoms with Gasteiger partial charge in [-0.05, 0) is 36.1 Å². The van der Waals surface area contributed by atoms with Crippen LogP contribution in [0.5, 0.6) is 0 Å². The molecule has 1 aliphatic heterocycles. The van der Waals surface area contributed by atoms with Crippen LogP contribution in [0.2, 0.25) is 0 Å². The summed E-state index contributed by atoms with van der Waals surface area (Å²) in [4.78, 5) is 19.8. The molecule has 36 heavy (non-hydrogen) atoms. The van der Waals surface area contributed by atoms with Gasteiger partial charge in [0.15, 0.2) is 5.69 Å². The molecule has 1 aromatic heterocycles. The minimum absolute atomic E-state index is 0.164. The molecule has 2 aromatic carbocycles. The van der Waals surface area contributed by atoms with Crippen molar-refractivity contribution in [3.63, 3.8) is 0 Å². The summed E-state index contributed by atoms with van der Waals surface area (Å²) in [5.74, 6) is 0.653. The van der Waals surface area contributed by atoms with Gasteiger partial charge in [0.05, 0.1) is 17.3 Å². The number of benzene rings is 2. The summed E-state index contributed by atoms with van der Waals surface area (Å²) in [6.07, 6.45) is -2.74. The Morgan fingerprint density at radius 1 is 1.17 bits per heavy atom. The maximum Gasteiger partial charge on any atom is 0.416 e. The van der Waals surface area contributed by atoms with Crippen molar-refractivity contribution >= 4 is 5.91 Å². The largest absolute Gasteiger partial charge is 0.416 e. The molecule has 3 aromatic rings. The first-order valence-corrected chi connectivity index (χ1v) is 12.0. The summed E-state index contributed by atoms with van der Waals surface area (Å²) < 4.78 is 41.1.